The van der Waals surface area contributed by atoms with Crippen molar-refractivity contribution < 1.29 is 19.1 Å². The van der Waals surface area contributed by atoms with Crippen LogP contribution in [-0.2, 0) is 19.1 Å². The molecule has 0 aromatic carbocycles. The third-order valence-electron chi connectivity index (χ3n) is 4.05. The van der Waals surface area contributed by atoms with Gasteiger partial charge in [-0.2, -0.15) is 0 Å². The van der Waals surface area contributed by atoms with Crippen molar-refractivity contribution in [1.82, 2.24) is 0 Å². The Morgan fingerprint density at radius 1 is 0.800 bits per heavy atom. The molecule has 4 nitrogen and oxygen atoms in total. The zero-order chi connectivity index (χ0) is 18.7. The number of esters is 2. The molecule has 0 heterocycles. The molecule has 0 fully saturated rings. The summed E-state index contributed by atoms with van der Waals surface area (Å²) >= 11 is 0. The fraction of sp³-hybridized carbons (Fsp3) is 0.619. The van der Waals surface area contributed by atoms with Crippen LogP contribution in [0.1, 0.15) is 66.2 Å². The van der Waals surface area contributed by atoms with Gasteiger partial charge in [-0.1, -0.05) is 65.5 Å². The lowest BCUT2D eigenvalue weighted by Gasteiger charge is -2.12. The van der Waals surface area contributed by atoms with E-state index in [0.29, 0.717) is 13.2 Å². The molecule has 0 amide bonds. The average Bonchev–Trinajstić information content (AvgIpc) is 2.73. The number of carbonyl (C=O) groups excluding carboxylic acids is 2. The SMILES string of the molecule is CCCCCOC(=O)C1=C(C(=O)OCCCCC)C=CC(C)(C)C=C1. The van der Waals surface area contributed by atoms with E-state index in [1.165, 1.54) is 0 Å². The Labute approximate surface area is 152 Å². The normalized spacial score (nSPS) is 15.8. The lowest BCUT2D eigenvalue weighted by molar-refractivity contribution is -0.141. The summed E-state index contributed by atoms with van der Waals surface area (Å²) in [5, 5.41) is 0. The molecule has 0 radical (unpaired) electrons. The Bertz CT molecular complexity index is 492. The smallest absolute Gasteiger partial charge is 0.338 e. The first-order valence-corrected chi connectivity index (χ1v) is 9.38. The third-order valence-corrected chi connectivity index (χ3v) is 4.05. The predicted molar refractivity (Wildman–Crippen MR) is 100 cm³/mol. The quantitative estimate of drug-likeness (QED) is 0.416. The molecule has 0 spiro atoms. The lowest BCUT2D eigenvalue weighted by Crippen LogP contribution is -2.15. The van der Waals surface area contributed by atoms with Crippen LogP contribution in [0, 0.1) is 5.41 Å². The van der Waals surface area contributed by atoms with Gasteiger partial charge in [-0.15, -0.1) is 0 Å². The summed E-state index contributed by atoms with van der Waals surface area (Å²) in [6.45, 7) is 8.96. The Morgan fingerprint density at radius 3 is 1.56 bits per heavy atom. The van der Waals surface area contributed by atoms with Gasteiger partial charge in [0.1, 0.15) is 0 Å². The van der Waals surface area contributed by atoms with Crippen LogP contribution in [0.5, 0.6) is 0 Å². The molecule has 0 aromatic rings. The topological polar surface area (TPSA) is 52.6 Å². The van der Waals surface area contributed by atoms with E-state index >= 15 is 0 Å². The van der Waals surface area contributed by atoms with Crippen LogP contribution in [0.15, 0.2) is 35.5 Å². The van der Waals surface area contributed by atoms with Crippen LogP contribution in [0.3, 0.4) is 0 Å². The van der Waals surface area contributed by atoms with E-state index in [4.69, 9.17) is 9.47 Å². The molecule has 0 bridgehead atoms. The Hall–Kier alpha value is -1.84. The molecule has 1 aliphatic carbocycles. The van der Waals surface area contributed by atoms with Crippen molar-refractivity contribution >= 4 is 11.9 Å². The third kappa shape index (κ3) is 7.72. The van der Waals surface area contributed by atoms with Gasteiger partial charge < -0.3 is 9.47 Å². The predicted octanol–water partition coefficient (Wildman–Crippen LogP) is 4.90. The van der Waals surface area contributed by atoms with Crippen LogP contribution in [0.4, 0.5) is 0 Å². The summed E-state index contributed by atoms with van der Waals surface area (Å²) in [6.07, 6.45) is 13.0. The highest BCUT2D eigenvalue weighted by Crippen LogP contribution is 2.26. The van der Waals surface area contributed by atoms with E-state index in [9.17, 15) is 9.59 Å². The molecule has 140 valence electrons. The molecule has 0 atom stereocenters. The highest BCUT2D eigenvalue weighted by Gasteiger charge is 2.24. The maximum Gasteiger partial charge on any atom is 0.338 e. The number of allylic oxidation sites excluding steroid dienone is 2. The minimum atomic E-state index is -0.463. The molecular weight excluding hydrogens is 316 g/mol. The highest BCUT2D eigenvalue weighted by molar-refractivity contribution is 6.04. The highest BCUT2D eigenvalue weighted by atomic mass is 16.5. The van der Waals surface area contributed by atoms with E-state index in [0.717, 1.165) is 38.5 Å². The molecule has 4 heteroatoms. The second-order valence-electron chi connectivity index (χ2n) is 7.00. The van der Waals surface area contributed by atoms with E-state index in [-0.39, 0.29) is 16.6 Å². The maximum atomic E-state index is 12.4. The molecule has 0 aromatic heterocycles. The van der Waals surface area contributed by atoms with Gasteiger partial charge in [0.05, 0.1) is 24.4 Å². The van der Waals surface area contributed by atoms with Crippen LogP contribution in [0.25, 0.3) is 0 Å². The molecular formula is C21H32O4. The molecule has 0 unspecified atom stereocenters. The van der Waals surface area contributed by atoms with Gasteiger partial charge >= 0.3 is 11.9 Å². The Kier molecular flexibility index (Phi) is 9.25. The summed E-state index contributed by atoms with van der Waals surface area (Å²) in [6, 6.07) is 0. The number of unbranched alkanes of at least 4 members (excludes halogenated alkanes) is 4. The van der Waals surface area contributed by atoms with Crippen LogP contribution < -0.4 is 0 Å². The van der Waals surface area contributed by atoms with Crippen LogP contribution in [0.2, 0.25) is 0 Å². The van der Waals surface area contributed by atoms with Gasteiger partial charge in [-0.25, -0.2) is 9.59 Å². The second-order valence-corrected chi connectivity index (χ2v) is 7.00. The van der Waals surface area contributed by atoms with Crippen molar-refractivity contribution in [3.8, 4) is 0 Å². The summed E-state index contributed by atoms with van der Waals surface area (Å²) in [4.78, 5) is 24.9. The van der Waals surface area contributed by atoms with Crippen molar-refractivity contribution in [2.75, 3.05) is 13.2 Å². The zero-order valence-electron chi connectivity index (χ0n) is 16.1. The molecule has 0 saturated heterocycles. The number of hydrogen-bond acceptors (Lipinski definition) is 4. The fourth-order valence-electron chi connectivity index (χ4n) is 2.38. The summed E-state index contributed by atoms with van der Waals surface area (Å²) < 4.78 is 10.7. The minimum Gasteiger partial charge on any atom is -0.462 e. The molecule has 1 rings (SSSR count). The Balaban J connectivity index is 2.88. The maximum absolute atomic E-state index is 12.4. The first-order valence-electron chi connectivity index (χ1n) is 9.38. The first-order chi connectivity index (χ1) is 11.9. The molecule has 0 saturated carbocycles. The molecule has 1 aliphatic rings. The molecule has 0 aliphatic heterocycles. The van der Waals surface area contributed by atoms with E-state index in [2.05, 4.69) is 13.8 Å². The zero-order valence-corrected chi connectivity index (χ0v) is 16.1. The van der Waals surface area contributed by atoms with E-state index in [1.807, 2.05) is 26.0 Å². The van der Waals surface area contributed by atoms with Crippen LogP contribution in [-0.4, -0.2) is 25.2 Å². The number of rotatable bonds is 10. The van der Waals surface area contributed by atoms with Crippen molar-refractivity contribution in [2.45, 2.75) is 66.2 Å². The van der Waals surface area contributed by atoms with Gasteiger partial charge in [0.15, 0.2) is 0 Å². The fourth-order valence-corrected chi connectivity index (χ4v) is 2.38. The number of ether oxygens (including phenoxy) is 2. The summed E-state index contributed by atoms with van der Waals surface area (Å²) in [5.41, 5.74) is 0.315. The first kappa shape index (κ1) is 21.2. The summed E-state index contributed by atoms with van der Waals surface area (Å²) in [5.74, 6) is -0.926. The molecule has 0 N–H and O–H groups in total. The molecule has 25 heavy (non-hydrogen) atoms. The van der Waals surface area contributed by atoms with Gasteiger partial charge in [0, 0.05) is 5.41 Å². The van der Waals surface area contributed by atoms with Crippen molar-refractivity contribution in [2.24, 2.45) is 5.41 Å². The number of carbonyl (C=O) groups is 2. The van der Waals surface area contributed by atoms with Crippen molar-refractivity contribution in [1.29, 1.82) is 0 Å². The van der Waals surface area contributed by atoms with E-state index in [1.54, 1.807) is 12.2 Å². The standard InChI is InChI=1S/C21H32O4/c1-5-7-9-15-24-19(22)17-11-13-21(3,4)14-12-18(17)20(23)25-16-10-8-6-2/h11-14H,5-10,15-16H2,1-4H3. The van der Waals surface area contributed by atoms with Gasteiger partial charge in [0.25, 0.3) is 0 Å². The second kappa shape index (κ2) is 10.9. The Morgan fingerprint density at radius 2 is 1.20 bits per heavy atom. The van der Waals surface area contributed by atoms with Crippen molar-refractivity contribution in [3.05, 3.63) is 35.5 Å². The van der Waals surface area contributed by atoms with Crippen LogP contribution >= 0.6 is 0 Å². The monoisotopic (exact) mass is 348 g/mol. The average molecular weight is 348 g/mol. The van der Waals surface area contributed by atoms with Gasteiger partial charge in [-0.05, 0) is 25.0 Å². The van der Waals surface area contributed by atoms with E-state index < -0.39 is 11.9 Å². The minimum absolute atomic E-state index is 0.238. The van der Waals surface area contributed by atoms with Gasteiger partial charge in [-0.3, -0.25) is 0 Å². The lowest BCUT2D eigenvalue weighted by atomic mass is 9.93. The number of hydrogen-bond donors (Lipinski definition) is 0. The largest absolute Gasteiger partial charge is 0.462 e. The van der Waals surface area contributed by atoms with Gasteiger partial charge in [0.2, 0.25) is 0 Å². The van der Waals surface area contributed by atoms with Crippen molar-refractivity contribution in [3.63, 3.8) is 0 Å². The summed E-state index contributed by atoms with van der Waals surface area (Å²) in [7, 11) is 0.